The average molecular weight is 143 g/mol. The molecule has 0 aromatic carbocycles. The monoisotopic (exact) mass is 143 g/mol. The second-order valence-corrected chi connectivity index (χ2v) is 2.07. The predicted octanol–water partition coefficient (Wildman–Crippen LogP) is 0.401. The van der Waals surface area contributed by atoms with Crippen LogP contribution in [-0.4, -0.2) is 18.2 Å². The van der Waals surface area contributed by atoms with Gasteiger partial charge < -0.3 is 5.31 Å². The van der Waals surface area contributed by atoms with Crippen molar-refractivity contribution in [1.29, 1.82) is 0 Å². The maximum atomic E-state index is 10.6. The molecule has 0 bridgehead atoms. The van der Waals surface area contributed by atoms with Crippen LogP contribution in [0.25, 0.3) is 0 Å². The van der Waals surface area contributed by atoms with Gasteiger partial charge in [0, 0.05) is 6.92 Å². The van der Waals surface area contributed by atoms with Crippen molar-refractivity contribution >= 4 is 12.2 Å². The molecule has 3 heteroatoms. The van der Waals surface area contributed by atoms with Crippen LogP contribution >= 0.6 is 0 Å². The van der Waals surface area contributed by atoms with Gasteiger partial charge in [0.25, 0.3) is 0 Å². The van der Waals surface area contributed by atoms with Crippen LogP contribution in [0, 0.1) is 0 Å². The molecule has 10 heavy (non-hydrogen) atoms. The van der Waals surface area contributed by atoms with Crippen LogP contribution in [0.5, 0.6) is 0 Å². The zero-order valence-corrected chi connectivity index (χ0v) is 6.26. The van der Waals surface area contributed by atoms with E-state index in [1.807, 2.05) is 6.92 Å². The van der Waals surface area contributed by atoms with Crippen LogP contribution in [-0.2, 0) is 9.59 Å². The molecule has 0 heterocycles. The Bertz CT molecular complexity index is 149. The summed E-state index contributed by atoms with van der Waals surface area (Å²) >= 11 is 0. The molecule has 1 radical (unpaired) electrons. The van der Waals surface area contributed by atoms with Crippen LogP contribution in [0.3, 0.4) is 0 Å². The topological polar surface area (TPSA) is 46.2 Å². The summed E-state index contributed by atoms with van der Waals surface area (Å²) < 4.78 is 7.11. The molecule has 0 rings (SSSR count). The van der Waals surface area contributed by atoms with Gasteiger partial charge in [0.05, 0.1) is 6.04 Å². The Kier molecular flexibility index (Phi) is 3.60. The quantitative estimate of drug-likeness (QED) is 0.619. The number of hydrogen-bond acceptors (Lipinski definition) is 2. The van der Waals surface area contributed by atoms with E-state index in [-0.39, 0.29) is 0 Å². The Morgan fingerprint density at radius 3 is 2.80 bits per heavy atom. The lowest BCUT2D eigenvalue weighted by molar-refractivity contribution is -0.119. The molecule has 0 aromatic rings. The molecule has 1 atom stereocenters. The van der Waals surface area contributed by atoms with Gasteiger partial charge in [-0.2, -0.15) is 0 Å². The van der Waals surface area contributed by atoms with Gasteiger partial charge in [-0.1, -0.05) is 13.3 Å². The van der Waals surface area contributed by atoms with Crippen molar-refractivity contribution in [3.63, 3.8) is 0 Å². The minimum Gasteiger partial charge on any atom is -0.346 e. The molecule has 1 amide bonds. The van der Waals surface area contributed by atoms with Crippen molar-refractivity contribution in [2.75, 3.05) is 0 Å². The predicted molar refractivity (Wildman–Crippen MR) is 38.2 cm³/mol. The van der Waals surface area contributed by atoms with E-state index in [9.17, 15) is 9.59 Å². The van der Waals surface area contributed by atoms with Crippen LogP contribution in [0.15, 0.2) is 0 Å². The van der Waals surface area contributed by atoms with E-state index >= 15 is 0 Å². The Morgan fingerprint density at radius 2 is 2.50 bits per heavy atom. The van der Waals surface area contributed by atoms with E-state index in [0.717, 1.165) is 6.42 Å². The molecule has 0 fully saturated rings. The summed E-state index contributed by atoms with van der Waals surface area (Å²) in [7, 11) is 0. The summed E-state index contributed by atoms with van der Waals surface area (Å²) in [6, 6.07) is -0.697. The lowest BCUT2D eigenvalue weighted by atomic mass is 10.2. The third kappa shape index (κ3) is 4.06. The first-order valence-electron chi connectivity index (χ1n) is 3.74. The maximum Gasteiger partial charge on any atom is 0.222 e. The highest BCUT2D eigenvalue weighted by molar-refractivity contribution is 5.77. The number of rotatable bonds is 4. The molecular formula is C7H12NO2. The van der Waals surface area contributed by atoms with E-state index in [2.05, 4.69) is 0 Å². The van der Waals surface area contributed by atoms with Gasteiger partial charge in [0.1, 0.15) is 0 Å². The van der Waals surface area contributed by atoms with Gasteiger partial charge in [0.2, 0.25) is 12.2 Å². The fourth-order valence-electron chi connectivity index (χ4n) is 0.643. The van der Waals surface area contributed by atoms with E-state index in [4.69, 9.17) is 1.41 Å². The van der Waals surface area contributed by atoms with Crippen molar-refractivity contribution in [3.05, 3.63) is 0 Å². The fraction of sp³-hybridized carbons (Fsp3) is 0.714. The van der Waals surface area contributed by atoms with E-state index in [1.54, 1.807) is 6.29 Å². The second kappa shape index (κ2) is 4.97. The largest absolute Gasteiger partial charge is 0.346 e. The Morgan fingerprint density at radius 1 is 1.90 bits per heavy atom. The number of amides is 1. The third-order valence-corrected chi connectivity index (χ3v) is 1.04. The minimum atomic E-state index is -0.697. The first-order chi connectivity index (χ1) is 5.13. The van der Waals surface area contributed by atoms with Crippen molar-refractivity contribution < 1.29 is 11.0 Å². The lowest BCUT2D eigenvalue weighted by Crippen LogP contribution is -2.33. The molecule has 0 saturated carbocycles. The van der Waals surface area contributed by atoms with Gasteiger partial charge in [-0.05, 0) is 6.42 Å². The highest BCUT2D eigenvalue weighted by Gasteiger charge is 2.06. The maximum absolute atomic E-state index is 10.6. The summed E-state index contributed by atoms with van der Waals surface area (Å²) in [6.45, 7) is 3.14. The first kappa shape index (κ1) is 7.25. The van der Waals surface area contributed by atoms with Crippen LogP contribution in [0.1, 0.15) is 26.7 Å². The number of carbonyl (C=O) groups is 1. The van der Waals surface area contributed by atoms with Crippen LogP contribution in [0.4, 0.5) is 0 Å². The molecule has 0 aromatic heterocycles. The minimum absolute atomic E-state index is 0.424. The highest BCUT2D eigenvalue weighted by Crippen LogP contribution is 1.91. The van der Waals surface area contributed by atoms with Crippen molar-refractivity contribution in [2.24, 2.45) is 0 Å². The average Bonchev–Trinajstić information content (AvgIpc) is 1.98. The zero-order chi connectivity index (χ0) is 8.85. The SMILES string of the molecule is [2H]N(C(C)=O)C([C]=O)CCC. The highest BCUT2D eigenvalue weighted by atomic mass is 16.2. The molecule has 0 aliphatic heterocycles. The Labute approximate surface area is 62.3 Å². The molecule has 3 nitrogen and oxygen atoms in total. The molecule has 0 aliphatic rings. The van der Waals surface area contributed by atoms with Crippen LogP contribution in [0.2, 0.25) is 1.41 Å². The number of hydrogen-bond donors (Lipinski definition) is 1. The molecule has 57 valence electrons. The number of carbonyl (C=O) groups excluding carboxylic acids is 2. The molecule has 0 spiro atoms. The Hall–Kier alpha value is -0.860. The van der Waals surface area contributed by atoms with Crippen molar-refractivity contribution in [3.8, 4) is 0 Å². The second-order valence-electron chi connectivity index (χ2n) is 2.07. The van der Waals surface area contributed by atoms with E-state index < -0.39 is 11.9 Å². The summed E-state index contributed by atoms with van der Waals surface area (Å²) in [4.78, 5) is 20.8. The van der Waals surface area contributed by atoms with Gasteiger partial charge in [0.15, 0.2) is 1.41 Å². The smallest absolute Gasteiger partial charge is 0.222 e. The van der Waals surface area contributed by atoms with E-state index in [0.29, 0.717) is 11.7 Å². The summed E-state index contributed by atoms with van der Waals surface area (Å²) in [5, 5.41) is 0.663. The normalized spacial score (nSPS) is 13.6. The van der Waals surface area contributed by atoms with Crippen molar-refractivity contribution in [2.45, 2.75) is 32.7 Å². The Balaban J connectivity index is 4.01. The molecule has 1 unspecified atom stereocenters. The summed E-state index contributed by atoms with van der Waals surface area (Å²) in [6.07, 6.45) is 2.92. The lowest BCUT2D eigenvalue weighted by Gasteiger charge is -2.07. The summed E-state index contributed by atoms with van der Waals surface area (Å²) in [5.41, 5.74) is 0. The molecule has 0 aliphatic carbocycles. The summed E-state index contributed by atoms with van der Waals surface area (Å²) in [5.74, 6) is -0.424. The molecular weight excluding hydrogens is 130 g/mol. The van der Waals surface area contributed by atoms with Crippen LogP contribution < -0.4 is 5.31 Å². The third-order valence-electron chi connectivity index (χ3n) is 1.04. The molecule has 1 N–H and O–H groups in total. The van der Waals surface area contributed by atoms with Gasteiger partial charge in [-0.25, -0.2) is 0 Å². The molecule has 0 saturated heterocycles. The van der Waals surface area contributed by atoms with Gasteiger partial charge >= 0.3 is 0 Å². The standard InChI is InChI=1S/C7H12NO2/c1-3-4-7(5-9)8-6(2)10/h7H,3-4H2,1-2H3,(H,8,10)/i/hD. The van der Waals surface area contributed by atoms with Gasteiger partial charge in [-0.3, -0.25) is 9.59 Å². The van der Waals surface area contributed by atoms with E-state index in [1.165, 1.54) is 6.92 Å². The number of nitrogens with one attached hydrogen (secondary N) is 1. The van der Waals surface area contributed by atoms with Gasteiger partial charge in [-0.15, -0.1) is 0 Å². The fourth-order valence-corrected chi connectivity index (χ4v) is 0.643. The first-order valence-corrected chi connectivity index (χ1v) is 3.29. The van der Waals surface area contributed by atoms with Crippen molar-refractivity contribution in [1.82, 2.24) is 5.31 Å². The zero-order valence-electron chi connectivity index (χ0n) is 7.26.